The van der Waals surface area contributed by atoms with Crippen molar-refractivity contribution in [3.8, 4) is 5.75 Å². The molecule has 0 spiro atoms. The highest BCUT2D eigenvalue weighted by Crippen LogP contribution is 2.24. The Morgan fingerprint density at radius 2 is 2.29 bits per heavy atom. The average Bonchev–Trinajstić information content (AvgIpc) is 2.16. The van der Waals surface area contributed by atoms with Gasteiger partial charge in [-0.25, -0.2) is 0 Å². The maximum absolute atomic E-state index is 9.49. The number of phenolic OH excluding ortho intramolecular Hbond substituents is 1. The van der Waals surface area contributed by atoms with Gasteiger partial charge in [0.2, 0.25) is 0 Å². The highest BCUT2D eigenvalue weighted by Gasteiger charge is 2.04. The third kappa shape index (κ3) is 3.18. The molecule has 0 aromatic heterocycles. The Hall–Kier alpha value is -0.770. The Labute approximate surface area is 88.7 Å². The van der Waals surface area contributed by atoms with E-state index in [-0.39, 0.29) is 5.75 Å². The van der Waals surface area contributed by atoms with Crippen LogP contribution < -0.4 is 5.32 Å². The van der Waals surface area contributed by atoms with Crippen molar-refractivity contribution in [2.75, 3.05) is 20.3 Å². The molecule has 1 aromatic carbocycles. The molecular formula is C10H14ClNO2. The van der Waals surface area contributed by atoms with Crippen LogP contribution in [-0.4, -0.2) is 25.4 Å². The van der Waals surface area contributed by atoms with Gasteiger partial charge in [0.15, 0.2) is 0 Å². The van der Waals surface area contributed by atoms with Gasteiger partial charge < -0.3 is 15.2 Å². The van der Waals surface area contributed by atoms with Crippen LogP contribution in [0.5, 0.6) is 5.75 Å². The van der Waals surface area contributed by atoms with Gasteiger partial charge in [-0.2, -0.15) is 0 Å². The summed E-state index contributed by atoms with van der Waals surface area (Å²) in [6.07, 6.45) is 0. The zero-order valence-electron chi connectivity index (χ0n) is 8.09. The quantitative estimate of drug-likeness (QED) is 0.736. The number of phenols is 1. The molecule has 0 radical (unpaired) electrons. The summed E-state index contributed by atoms with van der Waals surface area (Å²) in [5, 5.41) is 13.2. The molecular weight excluding hydrogens is 202 g/mol. The lowest BCUT2D eigenvalue weighted by Gasteiger charge is -2.07. The molecule has 0 aliphatic heterocycles. The molecule has 0 bridgehead atoms. The molecule has 1 rings (SSSR count). The third-order valence-corrected chi connectivity index (χ3v) is 2.23. The van der Waals surface area contributed by atoms with Gasteiger partial charge in [0.25, 0.3) is 0 Å². The zero-order valence-corrected chi connectivity index (χ0v) is 8.84. The molecule has 4 heteroatoms. The molecule has 0 amide bonds. The molecule has 3 nitrogen and oxygen atoms in total. The monoisotopic (exact) mass is 215 g/mol. The minimum atomic E-state index is 0.224. The van der Waals surface area contributed by atoms with Crippen molar-refractivity contribution in [3.63, 3.8) is 0 Å². The number of hydrogen-bond acceptors (Lipinski definition) is 3. The van der Waals surface area contributed by atoms with Gasteiger partial charge in [-0.3, -0.25) is 0 Å². The summed E-state index contributed by atoms with van der Waals surface area (Å²) >= 11 is 5.91. The number of nitrogens with one attached hydrogen (secondary N) is 1. The summed E-state index contributed by atoms with van der Waals surface area (Å²) in [7, 11) is 1.65. The van der Waals surface area contributed by atoms with Crippen LogP contribution in [-0.2, 0) is 11.3 Å². The second-order valence-corrected chi connectivity index (χ2v) is 3.31. The van der Waals surface area contributed by atoms with Gasteiger partial charge in [0.1, 0.15) is 5.75 Å². The van der Waals surface area contributed by atoms with E-state index in [1.807, 2.05) is 0 Å². The van der Waals surface area contributed by atoms with Crippen LogP contribution in [0.15, 0.2) is 18.2 Å². The van der Waals surface area contributed by atoms with E-state index in [2.05, 4.69) is 5.32 Å². The summed E-state index contributed by atoms with van der Waals surface area (Å²) < 4.78 is 4.88. The normalized spacial score (nSPS) is 10.4. The van der Waals surface area contributed by atoms with Crippen molar-refractivity contribution in [2.45, 2.75) is 6.54 Å². The average molecular weight is 216 g/mol. The van der Waals surface area contributed by atoms with Crippen molar-refractivity contribution in [3.05, 3.63) is 28.8 Å². The van der Waals surface area contributed by atoms with Gasteiger partial charge >= 0.3 is 0 Å². The molecule has 0 saturated carbocycles. The zero-order chi connectivity index (χ0) is 10.4. The number of halogens is 1. The Balaban J connectivity index is 2.49. The van der Waals surface area contributed by atoms with Crippen molar-refractivity contribution >= 4 is 11.6 Å². The SMILES string of the molecule is COCCNCc1c(O)cccc1Cl. The largest absolute Gasteiger partial charge is 0.508 e. The standard InChI is InChI=1S/C10H14ClNO2/c1-14-6-5-12-7-8-9(11)3-2-4-10(8)13/h2-4,12-13H,5-7H2,1H3. The Bertz CT molecular complexity index is 271. The maximum Gasteiger partial charge on any atom is 0.121 e. The molecule has 0 heterocycles. The van der Waals surface area contributed by atoms with Crippen molar-refractivity contribution < 1.29 is 9.84 Å². The van der Waals surface area contributed by atoms with E-state index in [9.17, 15) is 5.11 Å². The van der Waals surface area contributed by atoms with Crippen LogP contribution in [0.3, 0.4) is 0 Å². The minimum absolute atomic E-state index is 0.224. The topological polar surface area (TPSA) is 41.5 Å². The molecule has 0 aliphatic rings. The van der Waals surface area contributed by atoms with Crippen molar-refractivity contribution in [2.24, 2.45) is 0 Å². The molecule has 14 heavy (non-hydrogen) atoms. The van der Waals surface area contributed by atoms with Crippen LogP contribution >= 0.6 is 11.6 Å². The molecule has 0 aliphatic carbocycles. The summed E-state index contributed by atoms with van der Waals surface area (Å²) in [6.45, 7) is 1.93. The van der Waals surface area contributed by atoms with Gasteiger partial charge in [0.05, 0.1) is 6.61 Å². The Kier molecular flexibility index (Phi) is 4.73. The smallest absolute Gasteiger partial charge is 0.121 e. The van der Waals surface area contributed by atoms with Crippen LogP contribution in [0.25, 0.3) is 0 Å². The second kappa shape index (κ2) is 5.86. The lowest BCUT2D eigenvalue weighted by atomic mass is 10.2. The first-order chi connectivity index (χ1) is 6.75. The predicted octanol–water partition coefficient (Wildman–Crippen LogP) is 1.78. The van der Waals surface area contributed by atoms with Crippen molar-refractivity contribution in [1.82, 2.24) is 5.32 Å². The van der Waals surface area contributed by atoms with Gasteiger partial charge in [-0.05, 0) is 12.1 Å². The van der Waals surface area contributed by atoms with Crippen molar-refractivity contribution in [1.29, 1.82) is 0 Å². The van der Waals surface area contributed by atoms with Gasteiger partial charge in [0, 0.05) is 30.8 Å². The number of hydrogen-bond donors (Lipinski definition) is 2. The first kappa shape index (κ1) is 11.3. The van der Waals surface area contributed by atoms with E-state index >= 15 is 0 Å². The lowest BCUT2D eigenvalue weighted by Crippen LogP contribution is -2.18. The maximum atomic E-state index is 9.49. The first-order valence-corrected chi connectivity index (χ1v) is 4.79. The molecule has 0 saturated heterocycles. The van der Waals surface area contributed by atoms with E-state index in [1.165, 1.54) is 0 Å². The second-order valence-electron chi connectivity index (χ2n) is 2.91. The van der Waals surface area contributed by atoms with Gasteiger partial charge in [-0.15, -0.1) is 0 Å². The van der Waals surface area contributed by atoms with Crippen LogP contribution in [0.1, 0.15) is 5.56 Å². The van der Waals surface area contributed by atoms with E-state index < -0.39 is 0 Å². The minimum Gasteiger partial charge on any atom is -0.508 e. The number of benzene rings is 1. The van der Waals surface area contributed by atoms with E-state index in [0.29, 0.717) is 18.2 Å². The fraction of sp³-hybridized carbons (Fsp3) is 0.400. The lowest BCUT2D eigenvalue weighted by molar-refractivity contribution is 0.199. The molecule has 2 N–H and O–H groups in total. The van der Waals surface area contributed by atoms with Gasteiger partial charge in [-0.1, -0.05) is 17.7 Å². The van der Waals surface area contributed by atoms with E-state index in [4.69, 9.17) is 16.3 Å². The summed E-state index contributed by atoms with van der Waals surface area (Å²) in [4.78, 5) is 0. The number of rotatable bonds is 5. The number of aromatic hydroxyl groups is 1. The highest BCUT2D eigenvalue weighted by atomic mass is 35.5. The number of ether oxygens (including phenoxy) is 1. The highest BCUT2D eigenvalue weighted by molar-refractivity contribution is 6.31. The first-order valence-electron chi connectivity index (χ1n) is 4.41. The Morgan fingerprint density at radius 3 is 2.93 bits per heavy atom. The molecule has 1 aromatic rings. The number of methoxy groups -OCH3 is 1. The Morgan fingerprint density at radius 1 is 1.50 bits per heavy atom. The summed E-state index contributed by atoms with van der Waals surface area (Å²) in [6, 6.07) is 5.10. The molecule has 0 atom stereocenters. The van der Waals surface area contributed by atoms with Crippen LogP contribution in [0.4, 0.5) is 0 Å². The third-order valence-electron chi connectivity index (χ3n) is 1.88. The van der Waals surface area contributed by atoms with E-state index in [0.717, 1.165) is 12.1 Å². The molecule has 0 unspecified atom stereocenters. The fourth-order valence-corrected chi connectivity index (χ4v) is 1.35. The predicted molar refractivity (Wildman–Crippen MR) is 56.7 cm³/mol. The molecule has 0 fully saturated rings. The van der Waals surface area contributed by atoms with Crippen LogP contribution in [0.2, 0.25) is 5.02 Å². The summed E-state index contributed by atoms with van der Waals surface area (Å²) in [5.74, 6) is 0.224. The van der Waals surface area contributed by atoms with E-state index in [1.54, 1.807) is 25.3 Å². The summed E-state index contributed by atoms with van der Waals surface area (Å²) in [5.41, 5.74) is 0.727. The van der Waals surface area contributed by atoms with Crippen LogP contribution in [0, 0.1) is 0 Å². The molecule has 78 valence electrons. The fourth-order valence-electron chi connectivity index (χ4n) is 1.11.